The van der Waals surface area contributed by atoms with Crippen molar-refractivity contribution in [2.75, 3.05) is 18.1 Å². The zero-order valence-electron chi connectivity index (χ0n) is 16.0. The molecule has 26 heavy (non-hydrogen) atoms. The van der Waals surface area contributed by atoms with E-state index in [9.17, 15) is 18.0 Å². The number of thioether (sulfide) groups is 1. The minimum atomic E-state index is -3.61. The fraction of sp³-hybridized carbons (Fsp3) is 0.889. The van der Waals surface area contributed by atoms with E-state index in [0.29, 0.717) is 18.9 Å². The molecular weight excluding hydrogens is 374 g/mol. The number of carbonyl (C=O) groups excluding carboxylic acids is 2. The molecule has 2 saturated carbocycles. The van der Waals surface area contributed by atoms with Gasteiger partial charge in [0, 0.05) is 5.41 Å². The standard InChI is InChI=1S/C18H29NO5S2/c1-5-13(25-10-15(20)24-6-2)16(21)19-14-9-12-7-8-18(14,17(12,3)4)11-26(19,22)23/h12-14H,5-11H2,1-4H3. The van der Waals surface area contributed by atoms with E-state index in [2.05, 4.69) is 13.8 Å². The first-order valence-corrected chi connectivity index (χ1v) is 12.1. The molecule has 0 aromatic heterocycles. The van der Waals surface area contributed by atoms with E-state index in [1.165, 1.54) is 16.1 Å². The van der Waals surface area contributed by atoms with Gasteiger partial charge in [-0.3, -0.25) is 9.59 Å². The van der Waals surface area contributed by atoms with Crippen molar-refractivity contribution in [3.8, 4) is 0 Å². The third-order valence-corrected chi connectivity index (χ3v) is 10.2. The van der Waals surface area contributed by atoms with Crippen molar-refractivity contribution < 1.29 is 22.7 Å². The molecule has 0 aromatic rings. The Morgan fingerprint density at radius 1 is 1.31 bits per heavy atom. The second-order valence-corrected chi connectivity index (χ2v) is 11.3. The van der Waals surface area contributed by atoms with Gasteiger partial charge in [-0.15, -0.1) is 11.8 Å². The summed E-state index contributed by atoms with van der Waals surface area (Å²) >= 11 is 1.19. The van der Waals surface area contributed by atoms with Crippen LogP contribution in [-0.2, 0) is 24.3 Å². The van der Waals surface area contributed by atoms with Crippen molar-refractivity contribution in [1.82, 2.24) is 4.31 Å². The smallest absolute Gasteiger partial charge is 0.315 e. The van der Waals surface area contributed by atoms with Crippen LogP contribution >= 0.6 is 11.8 Å². The maximum atomic E-state index is 13.2. The van der Waals surface area contributed by atoms with Crippen LogP contribution in [0, 0.1) is 16.7 Å². The highest BCUT2D eigenvalue weighted by Gasteiger charge is 2.72. The molecule has 2 aliphatic carbocycles. The fourth-order valence-corrected chi connectivity index (χ4v) is 9.01. The van der Waals surface area contributed by atoms with Crippen LogP contribution in [0.2, 0.25) is 0 Å². The number of esters is 1. The van der Waals surface area contributed by atoms with Crippen LogP contribution in [0.3, 0.4) is 0 Å². The van der Waals surface area contributed by atoms with Gasteiger partial charge in [-0.2, -0.15) is 0 Å². The molecule has 0 aromatic carbocycles. The number of sulfonamides is 1. The first kappa shape index (κ1) is 20.0. The summed E-state index contributed by atoms with van der Waals surface area (Å²) in [6.07, 6.45) is 3.19. The monoisotopic (exact) mass is 403 g/mol. The Labute approximate surface area is 160 Å². The lowest BCUT2D eigenvalue weighted by Gasteiger charge is -2.37. The van der Waals surface area contributed by atoms with Gasteiger partial charge in [-0.25, -0.2) is 12.7 Å². The zero-order chi connectivity index (χ0) is 19.3. The Kier molecular flexibility index (Phi) is 5.14. The molecule has 1 aliphatic heterocycles. The Morgan fingerprint density at radius 3 is 2.58 bits per heavy atom. The zero-order valence-corrected chi connectivity index (χ0v) is 17.6. The van der Waals surface area contributed by atoms with Gasteiger partial charge >= 0.3 is 5.97 Å². The Hall–Kier alpha value is -0.760. The molecular formula is C18H29NO5S2. The molecule has 1 heterocycles. The quantitative estimate of drug-likeness (QED) is 0.634. The van der Waals surface area contributed by atoms with Gasteiger partial charge in [0.2, 0.25) is 15.9 Å². The second kappa shape index (κ2) is 6.69. The summed E-state index contributed by atoms with van der Waals surface area (Å²) in [5.41, 5.74) is -0.365. The third-order valence-electron chi connectivity index (χ3n) is 6.98. The van der Waals surface area contributed by atoms with Gasteiger partial charge in [0.25, 0.3) is 0 Å². The summed E-state index contributed by atoms with van der Waals surface area (Å²) < 4.78 is 32.0. The molecule has 6 nitrogen and oxygen atoms in total. The van der Waals surface area contributed by atoms with Crippen LogP contribution in [0.15, 0.2) is 0 Å². The van der Waals surface area contributed by atoms with E-state index >= 15 is 0 Å². The van der Waals surface area contributed by atoms with Gasteiger partial charge in [0.05, 0.1) is 29.4 Å². The van der Waals surface area contributed by atoms with Gasteiger partial charge < -0.3 is 4.74 Å². The molecule has 1 saturated heterocycles. The van der Waals surface area contributed by atoms with Crippen LogP contribution in [0.1, 0.15) is 53.4 Å². The highest BCUT2D eigenvalue weighted by Crippen LogP contribution is 2.70. The predicted molar refractivity (Wildman–Crippen MR) is 101 cm³/mol. The fourth-order valence-electron chi connectivity index (χ4n) is 5.46. The first-order chi connectivity index (χ1) is 12.1. The molecule has 8 heteroatoms. The lowest BCUT2D eigenvalue weighted by molar-refractivity contribution is -0.139. The summed E-state index contributed by atoms with van der Waals surface area (Å²) in [5, 5.41) is -0.536. The van der Waals surface area contributed by atoms with E-state index in [-0.39, 0.29) is 40.3 Å². The number of rotatable bonds is 6. The molecule has 0 N–H and O–H groups in total. The summed E-state index contributed by atoms with van der Waals surface area (Å²) in [5.74, 6) is -0.0995. The van der Waals surface area contributed by atoms with Crippen LogP contribution in [-0.4, -0.2) is 54.0 Å². The molecule has 1 amide bonds. The van der Waals surface area contributed by atoms with Crippen molar-refractivity contribution in [2.45, 2.75) is 64.7 Å². The van der Waals surface area contributed by atoms with Crippen LogP contribution in [0.25, 0.3) is 0 Å². The third kappa shape index (κ3) is 2.79. The number of ether oxygens (including phenoxy) is 1. The van der Waals surface area contributed by atoms with E-state index in [0.717, 1.165) is 19.3 Å². The molecule has 3 fully saturated rings. The normalized spacial score (nSPS) is 34.5. The lowest BCUT2D eigenvalue weighted by Crippen LogP contribution is -2.47. The number of nitrogens with zero attached hydrogens (tertiary/aromatic N) is 1. The van der Waals surface area contributed by atoms with Crippen LogP contribution in [0.4, 0.5) is 0 Å². The van der Waals surface area contributed by atoms with Crippen molar-refractivity contribution in [2.24, 2.45) is 16.7 Å². The van der Waals surface area contributed by atoms with Crippen molar-refractivity contribution >= 4 is 33.7 Å². The Balaban J connectivity index is 1.81. The molecule has 3 aliphatic rings. The average Bonchev–Trinajstić information content (AvgIpc) is 3.02. The maximum absolute atomic E-state index is 13.2. The minimum Gasteiger partial charge on any atom is -0.465 e. The first-order valence-electron chi connectivity index (χ1n) is 9.44. The lowest BCUT2D eigenvalue weighted by atomic mass is 9.69. The number of hydrogen-bond donors (Lipinski definition) is 0. The van der Waals surface area contributed by atoms with Gasteiger partial charge in [0.1, 0.15) is 0 Å². The molecule has 3 rings (SSSR count). The van der Waals surface area contributed by atoms with Gasteiger partial charge in [0.15, 0.2) is 0 Å². The Bertz CT molecular complexity index is 704. The molecule has 4 unspecified atom stereocenters. The maximum Gasteiger partial charge on any atom is 0.315 e. The topological polar surface area (TPSA) is 80.8 Å². The number of fused-ring (bicyclic) bond motifs is 1. The average molecular weight is 404 g/mol. The van der Waals surface area contributed by atoms with E-state index in [1.54, 1.807) is 6.92 Å². The highest BCUT2D eigenvalue weighted by molar-refractivity contribution is 8.01. The molecule has 1 spiro atoms. The van der Waals surface area contributed by atoms with Crippen LogP contribution < -0.4 is 0 Å². The largest absolute Gasteiger partial charge is 0.465 e. The predicted octanol–water partition coefficient (Wildman–Crippen LogP) is 2.43. The summed E-state index contributed by atoms with van der Waals surface area (Å²) in [4.78, 5) is 24.8. The Morgan fingerprint density at radius 2 is 2.00 bits per heavy atom. The summed E-state index contributed by atoms with van der Waals surface area (Å²) in [6, 6.07) is -0.217. The highest BCUT2D eigenvalue weighted by atomic mass is 32.2. The number of hydrogen-bond acceptors (Lipinski definition) is 6. The second-order valence-electron chi connectivity index (χ2n) is 8.27. The number of amides is 1. The van der Waals surface area contributed by atoms with Crippen molar-refractivity contribution in [3.63, 3.8) is 0 Å². The van der Waals surface area contributed by atoms with Crippen LogP contribution in [0.5, 0.6) is 0 Å². The van der Waals surface area contributed by atoms with Gasteiger partial charge in [-0.1, -0.05) is 20.8 Å². The van der Waals surface area contributed by atoms with Crippen molar-refractivity contribution in [3.05, 3.63) is 0 Å². The van der Waals surface area contributed by atoms with E-state index in [4.69, 9.17) is 4.74 Å². The van der Waals surface area contributed by atoms with E-state index < -0.39 is 15.3 Å². The SMILES string of the molecule is CCOC(=O)CSC(CC)C(=O)N1C2CC3CCC2(CS1(=O)=O)C3(C)C. The van der Waals surface area contributed by atoms with Gasteiger partial charge in [-0.05, 0) is 43.9 Å². The molecule has 2 bridgehead atoms. The minimum absolute atomic E-state index is 0.0560. The molecule has 0 radical (unpaired) electrons. The molecule has 148 valence electrons. The van der Waals surface area contributed by atoms with E-state index in [1.807, 2.05) is 6.92 Å². The van der Waals surface area contributed by atoms with Crippen molar-refractivity contribution in [1.29, 1.82) is 0 Å². The summed E-state index contributed by atoms with van der Waals surface area (Å²) in [7, 11) is -3.61. The number of carbonyl (C=O) groups is 2. The summed E-state index contributed by atoms with van der Waals surface area (Å²) in [6.45, 7) is 8.22. The molecule has 4 atom stereocenters.